The SMILES string of the molecule is O=C1NC2(CCc3ccccc3C2)C(=O)N1CN1CCCC1c1ccc2c(c1)OCO2. The predicted octanol–water partition coefficient (Wildman–Crippen LogP) is 2.99. The molecule has 2 saturated heterocycles. The maximum Gasteiger partial charge on any atom is 0.326 e. The maximum atomic E-state index is 13.5. The van der Waals surface area contributed by atoms with Crippen LogP contribution in [0.25, 0.3) is 0 Å². The molecule has 2 aromatic carbocycles. The number of rotatable bonds is 3. The molecular formula is C24H25N3O4. The van der Waals surface area contributed by atoms with Crippen molar-refractivity contribution in [2.45, 2.75) is 43.7 Å². The van der Waals surface area contributed by atoms with Crippen molar-refractivity contribution in [3.05, 3.63) is 59.2 Å². The first-order valence-corrected chi connectivity index (χ1v) is 11.0. The lowest BCUT2D eigenvalue weighted by Gasteiger charge is -2.33. The Hall–Kier alpha value is -3.06. The minimum absolute atomic E-state index is 0.0941. The van der Waals surface area contributed by atoms with Gasteiger partial charge < -0.3 is 14.8 Å². The lowest BCUT2D eigenvalue weighted by Crippen LogP contribution is -2.51. The van der Waals surface area contributed by atoms with Gasteiger partial charge in [0.1, 0.15) is 5.54 Å². The Morgan fingerprint density at radius 3 is 2.81 bits per heavy atom. The van der Waals surface area contributed by atoms with Crippen molar-refractivity contribution in [3.8, 4) is 11.5 Å². The number of amides is 3. The molecule has 1 N–H and O–H groups in total. The average Bonchev–Trinajstić information content (AvgIpc) is 3.49. The van der Waals surface area contributed by atoms with E-state index in [2.05, 4.69) is 28.4 Å². The van der Waals surface area contributed by atoms with Crippen LogP contribution in [-0.2, 0) is 17.6 Å². The van der Waals surface area contributed by atoms with Gasteiger partial charge in [0, 0.05) is 19.0 Å². The van der Waals surface area contributed by atoms with Crippen LogP contribution in [0.4, 0.5) is 4.79 Å². The van der Waals surface area contributed by atoms with E-state index in [4.69, 9.17) is 9.47 Å². The van der Waals surface area contributed by atoms with Gasteiger partial charge in [0.15, 0.2) is 11.5 Å². The molecule has 31 heavy (non-hydrogen) atoms. The van der Waals surface area contributed by atoms with Crippen molar-refractivity contribution in [2.75, 3.05) is 20.0 Å². The van der Waals surface area contributed by atoms with E-state index in [1.165, 1.54) is 10.5 Å². The first kappa shape index (κ1) is 18.7. The highest BCUT2D eigenvalue weighted by Gasteiger charge is 2.53. The summed E-state index contributed by atoms with van der Waals surface area (Å²) in [5.41, 5.74) is 2.76. The summed E-state index contributed by atoms with van der Waals surface area (Å²) in [4.78, 5) is 30.0. The average molecular weight is 419 g/mol. The number of urea groups is 1. The molecule has 2 unspecified atom stereocenters. The van der Waals surface area contributed by atoms with Gasteiger partial charge in [0.25, 0.3) is 5.91 Å². The van der Waals surface area contributed by atoms with Crippen molar-refractivity contribution in [3.63, 3.8) is 0 Å². The van der Waals surface area contributed by atoms with Crippen molar-refractivity contribution >= 4 is 11.9 Å². The lowest BCUT2D eigenvalue weighted by molar-refractivity contribution is -0.133. The third kappa shape index (κ3) is 2.98. The molecule has 2 aromatic rings. The number of imide groups is 1. The summed E-state index contributed by atoms with van der Waals surface area (Å²) in [5, 5.41) is 3.05. The summed E-state index contributed by atoms with van der Waals surface area (Å²) in [6.45, 7) is 1.42. The molecule has 4 aliphatic rings. The Bertz CT molecular complexity index is 1070. The number of carbonyl (C=O) groups is 2. The molecule has 7 heteroatoms. The van der Waals surface area contributed by atoms with Gasteiger partial charge in [0.2, 0.25) is 6.79 Å². The van der Waals surface area contributed by atoms with Gasteiger partial charge in [-0.25, -0.2) is 9.69 Å². The zero-order valence-corrected chi connectivity index (χ0v) is 17.3. The second kappa shape index (κ2) is 6.99. The van der Waals surface area contributed by atoms with Gasteiger partial charge >= 0.3 is 6.03 Å². The molecule has 6 rings (SSSR count). The third-order valence-corrected chi connectivity index (χ3v) is 7.15. The standard InChI is InChI=1S/C24H25N3O4/c28-22-24(10-9-16-4-1-2-5-18(16)13-24)25-23(29)27(22)14-26-11-3-6-19(26)17-7-8-20-21(12-17)31-15-30-20/h1-2,4-5,7-8,12,19H,3,6,9-11,13-15H2,(H,25,29). The molecule has 1 aliphatic carbocycles. The van der Waals surface area contributed by atoms with Crippen LogP contribution in [-0.4, -0.2) is 47.3 Å². The lowest BCUT2D eigenvalue weighted by atomic mass is 9.78. The highest BCUT2D eigenvalue weighted by atomic mass is 16.7. The number of aryl methyl sites for hydroxylation is 1. The molecular weight excluding hydrogens is 394 g/mol. The van der Waals surface area contributed by atoms with E-state index in [0.717, 1.165) is 48.4 Å². The Morgan fingerprint density at radius 2 is 1.90 bits per heavy atom. The van der Waals surface area contributed by atoms with Crippen LogP contribution in [0.2, 0.25) is 0 Å². The molecule has 2 atom stereocenters. The molecule has 3 amide bonds. The maximum absolute atomic E-state index is 13.5. The molecule has 2 fully saturated rings. The van der Waals surface area contributed by atoms with E-state index in [1.54, 1.807) is 0 Å². The first-order chi connectivity index (χ1) is 15.1. The van der Waals surface area contributed by atoms with Crippen LogP contribution in [0, 0.1) is 0 Å². The molecule has 0 radical (unpaired) electrons. The number of hydrogen-bond donors (Lipinski definition) is 1. The molecule has 0 bridgehead atoms. The van der Waals surface area contributed by atoms with Crippen molar-refractivity contribution < 1.29 is 19.1 Å². The van der Waals surface area contributed by atoms with Crippen LogP contribution in [0.3, 0.4) is 0 Å². The van der Waals surface area contributed by atoms with Gasteiger partial charge in [-0.2, -0.15) is 0 Å². The molecule has 3 aliphatic heterocycles. The van der Waals surface area contributed by atoms with Crippen molar-refractivity contribution in [1.29, 1.82) is 0 Å². The Balaban J connectivity index is 1.22. The number of likely N-dealkylation sites (tertiary alicyclic amines) is 1. The summed E-state index contributed by atoms with van der Waals surface area (Å²) in [6, 6.07) is 14.1. The molecule has 7 nitrogen and oxygen atoms in total. The number of benzene rings is 2. The minimum atomic E-state index is -0.806. The highest BCUT2D eigenvalue weighted by Crippen LogP contribution is 2.40. The van der Waals surface area contributed by atoms with Gasteiger partial charge in [-0.15, -0.1) is 0 Å². The summed E-state index contributed by atoms with van der Waals surface area (Å²) >= 11 is 0. The number of nitrogens with one attached hydrogen (secondary N) is 1. The van der Waals surface area contributed by atoms with Gasteiger partial charge in [0.05, 0.1) is 6.67 Å². The number of ether oxygens (including phenoxy) is 2. The van der Waals surface area contributed by atoms with E-state index in [0.29, 0.717) is 19.5 Å². The van der Waals surface area contributed by atoms with Crippen molar-refractivity contribution in [2.24, 2.45) is 0 Å². The fourth-order valence-electron chi connectivity index (χ4n) is 5.50. The number of hydrogen-bond acceptors (Lipinski definition) is 5. The normalized spacial score (nSPS) is 27.1. The number of nitrogens with zero attached hydrogens (tertiary/aromatic N) is 2. The van der Waals surface area contributed by atoms with Crippen molar-refractivity contribution in [1.82, 2.24) is 15.1 Å². The molecule has 1 spiro atoms. The van der Waals surface area contributed by atoms with Crippen LogP contribution >= 0.6 is 0 Å². The zero-order chi connectivity index (χ0) is 21.0. The fourth-order valence-corrected chi connectivity index (χ4v) is 5.50. The van der Waals surface area contributed by atoms with Crippen LogP contribution in [0.1, 0.15) is 42.0 Å². The summed E-state index contributed by atoms with van der Waals surface area (Å²) < 4.78 is 11.0. The number of carbonyl (C=O) groups excluding carboxylic acids is 2. The van der Waals surface area contributed by atoms with E-state index in [1.807, 2.05) is 24.3 Å². The van der Waals surface area contributed by atoms with Gasteiger partial charge in [-0.1, -0.05) is 30.3 Å². The predicted molar refractivity (Wildman–Crippen MR) is 113 cm³/mol. The van der Waals surface area contributed by atoms with Crippen LogP contribution < -0.4 is 14.8 Å². The molecule has 3 heterocycles. The Labute approximate surface area is 180 Å². The second-order valence-corrected chi connectivity index (χ2v) is 8.92. The molecule has 0 aromatic heterocycles. The minimum Gasteiger partial charge on any atom is -0.454 e. The zero-order valence-electron chi connectivity index (χ0n) is 17.3. The highest BCUT2D eigenvalue weighted by molar-refractivity contribution is 6.07. The first-order valence-electron chi connectivity index (χ1n) is 11.0. The number of fused-ring (bicyclic) bond motifs is 2. The monoisotopic (exact) mass is 419 g/mol. The van der Waals surface area contributed by atoms with E-state index in [-0.39, 0.29) is 24.8 Å². The topological polar surface area (TPSA) is 71.1 Å². The van der Waals surface area contributed by atoms with Gasteiger partial charge in [-0.05, 0) is 54.5 Å². The van der Waals surface area contributed by atoms with Gasteiger partial charge in [-0.3, -0.25) is 9.69 Å². The Morgan fingerprint density at radius 1 is 1.06 bits per heavy atom. The van der Waals surface area contributed by atoms with E-state index in [9.17, 15) is 9.59 Å². The quantitative estimate of drug-likeness (QED) is 0.775. The fraction of sp³-hybridized carbons (Fsp3) is 0.417. The summed E-state index contributed by atoms with van der Waals surface area (Å²) in [7, 11) is 0. The molecule has 160 valence electrons. The van der Waals surface area contributed by atoms with Crippen LogP contribution in [0.15, 0.2) is 42.5 Å². The second-order valence-electron chi connectivity index (χ2n) is 8.92. The summed E-state index contributed by atoms with van der Waals surface area (Å²) in [6.07, 6.45) is 4.04. The van der Waals surface area contributed by atoms with E-state index >= 15 is 0 Å². The van der Waals surface area contributed by atoms with Crippen LogP contribution in [0.5, 0.6) is 11.5 Å². The largest absolute Gasteiger partial charge is 0.454 e. The molecule has 0 saturated carbocycles. The third-order valence-electron chi connectivity index (χ3n) is 7.15. The summed E-state index contributed by atoms with van der Waals surface area (Å²) in [5.74, 6) is 1.43. The Kier molecular flexibility index (Phi) is 4.21. The smallest absolute Gasteiger partial charge is 0.326 e. The van der Waals surface area contributed by atoms with E-state index < -0.39 is 5.54 Å².